The number of hydrogen-bond acceptors (Lipinski definition) is 3. The second-order valence-corrected chi connectivity index (χ2v) is 5.44. The molecule has 1 aliphatic heterocycles. The molecule has 1 aromatic carbocycles. The van der Waals surface area contributed by atoms with Crippen molar-refractivity contribution in [3.05, 3.63) is 28.2 Å². The number of nitrogens with zero attached hydrogens (tertiary/aromatic N) is 1. The predicted molar refractivity (Wildman–Crippen MR) is 76.6 cm³/mol. The minimum atomic E-state index is 0.0303. The summed E-state index contributed by atoms with van der Waals surface area (Å²) in [6.07, 6.45) is 0.543. The first-order valence-corrected chi connectivity index (χ1v) is 6.94. The van der Waals surface area contributed by atoms with E-state index in [4.69, 9.17) is 5.73 Å². The van der Waals surface area contributed by atoms with Crippen LogP contribution >= 0.6 is 15.9 Å². The van der Waals surface area contributed by atoms with Gasteiger partial charge < -0.3 is 16.0 Å². The fourth-order valence-corrected chi connectivity index (χ4v) is 2.72. The van der Waals surface area contributed by atoms with Crippen molar-refractivity contribution in [3.63, 3.8) is 0 Å². The molecule has 0 radical (unpaired) electrons. The third kappa shape index (κ3) is 3.03. The fourth-order valence-electron chi connectivity index (χ4n) is 2.07. The van der Waals surface area contributed by atoms with Crippen molar-refractivity contribution in [2.24, 2.45) is 5.73 Å². The SMILES string of the molecule is C[C@@H](N)c1ccc(N2CCNC(=O)CC2)c(Br)c1. The smallest absolute Gasteiger partial charge is 0.221 e. The average molecular weight is 312 g/mol. The van der Waals surface area contributed by atoms with Gasteiger partial charge in [0.1, 0.15) is 0 Å². The van der Waals surface area contributed by atoms with Crippen molar-refractivity contribution in [1.29, 1.82) is 0 Å². The summed E-state index contributed by atoms with van der Waals surface area (Å²) in [6, 6.07) is 6.20. The van der Waals surface area contributed by atoms with Gasteiger partial charge in [0.2, 0.25) is 5.91 Å². The van der Waals surface area contributed by atoms with Crippen LogP contribution in [0, 0.1) is 0 Å². The molecule has 5 heteroatoms. The summed E-state index contributed by atoms with van der Waals surface area (Å²) in [5.74, 6) is 0.126. The van der Waals surface area contributed by atoms with Gasteiger partial charge in [-0.3, -0.25) is 4.79 Å². The summed E-state index contributed by atoms with van der Waals surface area (Å²) in [7, 11) is 0. The van der Waals surface area contributed by atoms with Gasteiger partial charge in [-0.25, -0.2) is 0 Å². The first-order chi connectivity index (χ1) is 8.58. The van der Waals surface area contributed by atoms with E-state index in [2.05, 4.69) is 38.3 Å². The molecule has 1 aliphatic rings. The maximum absolute atomic E-state index is 11.3. The monoisotopic (exact) mass is 311 g/mol. The van der Waals surface area contributed by atoms with Crippen molar-refractivity contribution >= 4 is 27.5 Å². The van der Waals surface area contributed by atoms with E-state index in [-0.39, 0.29) is 11.9 Å². The number of nitrogens with one attached hydrogen (secondary N) is 1. The third-order valence-corrected chi connectivity index (χ3v) is 3.79. The number of benzene rings is 1. The molecule has 0 bridgehead atoms. The number of halogens is 1. The molecule has 0 aliphatic carbocycles. The van der Waals surface area contributed by atoms with Gasteiger partial charge in [0.15, 0.2) is 0 Å². The number of carbonyl (C=O) groups excluding carboxylic acids is 1. The molecule has 1 fully saturated rings. The minimum Gasteiger partial charge on any atom is -0.368 e. The highest BCUT2D eigenvalue weighted by Gasteiger charge is 2.16. The summed E-state index contributed by atoms with van der Waals surface area (Å²) in [4.78, 5) is 13.5. The van der Waals surface area contributed by atoms with E-state index in [9.17, 15) is 4.79 Å². The summed E-state index contributed by atoms with van der Waals surface area (Å²) in [5, 5.41) is 2.88. The number of carbonyl (C=O) groups is 1. The maximum atomic E-state index is 11.3. The molecule has 0 saturated carbocycles. The molecule has 4 nitrogen and oxygen atoms in total. The first-order valence-electron chi connectivity index (χ1n) is 6.14. The number of amides is 1. The second-order valence-electron chi connectivity index (χ2n) is 4.59. The number of rotatable bonds is 2. The molecular formula is C13H18BrN3O. The van der Waals surface area contributed by atoms with Crippen LogP contribution in [0.2, 0.25) is 0 Å². The van der Waals surface area contributed by atoms with E-state index in [0.29, 0.717) is 13.0 Å². The Kier molecular flexibility index (Phi) is 4.24. The quantitative estimate of drug-likeness (QED) is 0.875. The fraction of sp³-hybridized carbons (Fsp3) is 0.462. The van der Waals surface area contributed by atoms with Crippen LogP contribution in [0.25, 0.3) is 0 Å². The standard InChI is InChI=1S/C13H18BrN3O/c1-9(15)10-2-3-12(11(14)8-10)17-6-4-13(18)16-5-7-17/h2-3,8-9H,4-7,15H2,1H3,(H,16,18)/t9-/m1/s1. The van der Waals surface area contributed by atoms with Crippen LogP contribution in [0.4, 0.5) is 5.69 Å². The van der Waals surface area contributed by atoms with Gasteiger partial charge in [-0.2, -0.15) is 0 Å². The maximum Gasteiger partial charge on any atom is 0.221 e. The topological polar surface area (TPSA) is 58.4 Å². The zero-order valence-corrected chi connectivity index (χ0v) is 12.0. The lowest BCUT2D eigenvalue weighted by Crippen LogP contribution is -2.28. The van der Waals surface area contributed by atoms with Gasteiger partial charge in [-0.15, -0.1) is 0 Å². The lowest BCUT2D eigenvalue weighted by Gasteiger charge is -2.24. The molecule has 1 atom stereocenters. The Morgan fingerprint density at radius 2 is 2.22 bits per heavy atom. The van der Waals surface area contributed by atoms with Crippen LogP contribution in [-0.4, -0.2) is 25.5 Å². The van der Waals surface area contributed by atoms with Crippen molar-refractivity contribution in [3.8, 4) is 0 Å². The van der Waals surface area contributed by atoms with Crippen LogP contribution in [0.1, 0.15) is 24.9 Å². The second kappa shape index (κ2) is 5.71. The van der Waals surface area contributed by atoms with E-state index in [1.54, 1.807) is 0 Å². The van der Waals surface area contributed by atoms with Gasteiger partial charge in [-0.05, 0) is 40.5 Å². The van der Waals surface area contributed by atoms with Gasteiger partial charge in [0, 0.05) is 36.6 Å². The number of hydrogen-bond donors (Lipinski definition) is 2. The van der Waals surface area contributed by atoms with Gasteiger partial charge in [0.25, 0.3) is 0 Å². The van der Waals surface area contributed by atoms with E-state index >= 15 is 0 Å². The van der Waals surface area contributed by atoms with Crippen molar-refractivity contribution in [1.82, 2.24) is 5.32 Å². The van der Waals surface area contributed by atoms with Crippen LogP contribution < -0.4 is 16.0 Å². The van der Waals surface area contributed by atoms with E-state index in [0.717, 1.165) is 28.8 Å². The number of nitrogens with two attached hydrogens (primary N) is 1. The molecule has 3 N–H and O–H groups in total. The van der Waals surface area contributed by atoms with Crippen molar-refractivity contribution < 1.29 is 4.79 Å². The predicted octanol–water partition coefficient (Wildman–Crippen LogP) is 1.80. The lowest BCUT2D eigenvalue weighted by molar-refractivity contribution is -0.120. The Bertz CT molecular complexity index is 448. The molecule has 1 amide bonds. The van der Waals surface area contributed by atoms with Gasteiger partial charge in [0.05, 0.1) is 5.69 Å². The molecular weight excluding hydrogens is 294 g/mol. The molecule has 1 heterocycles. The highest BCUT2D eigenvalue weighted by Crippen LogP contribution is 2.29. The van der Waals surface area contributed by atoms with E-state index < -0.39 is 0 Å². The highest BCUT2D eigenvalue weighted by atomic mass is 79.9. The molecule has 18 heavy (non-hydrogen) atoms. The van der Waals surface area contributed by atoms with Crippen LogP contribution in [0.15, 0.2) is 22.7 Å². The molecule has 1 aromatic rings. The molecule has 0 aromatic heterocycles. The van der Waals surface area contributed by atoms with Crippen molar-refractivity contribution in [2.45, 2.75) is 19.4 Å². The van der Waals surface area contributed by atoms with Gasteiger partial charge >= 0.3 is 0 Å². The molecule has 2 rings (SSSR count). The third-order valence-electron chi connectivity index (χ3n) is 3.15. The molecule has 0 unspecified atom stereocenters. The molecule has 1 saturated heterocycles. The first kappa shape index (κ1) is 13.4. The molecule has 0 spiro atoms. The van der Waals surface area contributed by atoms with Crippen LogP contribution in [0.5, 0.6) is 0 Å². The van der Waals surface area contributed by atoms with Crippen LogP contribution in [0.3, 0.4) is 0 Å². The Hall–Kier alpha value is -1.07. The summed E-state index contributed by atoms with van der Waals surface area (Å²) >= 11 is 3.59. The zero-order chi connectivity index (χ0) is 13.1. The summed E-state index contributed by atoms with van der Waals surface area (Å²) < 4.78 is 1.03. The zero-order valence-electron chi connectivity index (χ0n) is 10.4. The van der Waals surface area contributed by atoms with E-state index in [1.807, 2.05) is 13.0 Å². The highest BCUT2D eigenvalue weighted by molar-refractivity contribution is 9.10. The summed E-state index contributed by atoms with van der Waals surface area (Å²) in [6.45, 7) is 4.25. The normalized spacial score (nSPS) is 18.2. The van der Waals surface area contributed by atoms with Gasteiger partial charge in [-0.1, -0.05) is 6.07 Å². The Morgan fingerprint density at radius 3 is 2.89 bits per heavy atom. The Morgan fingerprint density at radius 1 is 1.44 bits per heavy atom. The Labute approximate surface area is 116 Å². The van der Waals surface area contributed by atoms with Crippen molar-refractivity contribution in [2.75, 3.05) is 24.5 Å². The largest absolute Gasteiger partial charge is 0.368 e. The molecule has 98 valence electrons. The summed E-state index contributed by atoms with van der Waals surface area (Å²) in [5.41, 5.74) is 8.09. The lowest BCUT2D eigenvalue weighted by atomic mass is 10.1. The Balaban J connectivity index is 2.20. The van der Waals surface area contributed by atoms with Crippen LogP contribution in [-0.2, 0) is 4.79 Å². The average Bonchev–Trinajstić information content (AvgIpc) is 2.54. The number of anilines is 1. The minimum absolute atomic E-state index is 0.0303. The van der Waals surface area contributed by atoms with E-state index in [1.165, 1.54) is 0 Å².